The van der Waals surface area contributed by atoms with Crippen LogP contribution in [0.5, 0.6) is 0 Å². The van der Waals surface area contributed by atoms with E-state index in [1.807, 2.05) is 26.1 Å². The average molecular weight is 243 g/mol. The van der Waals surface area contributed by atoms with E-state index in [1.165, 1.54) is 0 Å². The molecular formula is C12H13N5O. The lowest BCUT2D eigenvalue weighted by molar-refractivity contribution is 0.392. The molecule has 1 N–H and O–H groups in total. The molecule has 0 saturated carbocycles. The molecular weight excluding hydrogens is 230 g/mol. The Labute approximate surface area is 104 Å². The minimum absolute atomic E-state index is 0.638. The van der Waals surface area contributed by atoms with Crippen molar-refractivity contribution in [3.8, 4) is 0 Å². The SMILES string of the molecule is Cc1noc(C)c1CNc1nccn2nccc12. The summed E-state index contributed by atoms with van der Waals surface area (Å²) in [5.41, 5.74) is 2.92. The number of nitrogens with one attached hydrogen (secondary N) is 1. The minimum Gasteiger partial charge on any atom is -0.364 e. The van der Waals surface area contributed by atoms with Gasteiger partial charge in [0.1, 0.15) is 11.3 Å². The first kappa shape index (κ1) is 10.8. The maximum atomic E-state index is 5.13. The van der Waals surface area contributed by atoms with Crippen molar-refractivity contribution in [3.63, 3.8) is 0 Å². The summed E-state index contributed by atoms with van der Waals surface area (Å²) in [7, 11) is 0. The van der Waals surface area contributed by atoms with Crippen molar-refractivity contribution in [2.24, 2.45) is 0 Å². The van der Waals surface area contributed by atoms with Gasteiger partial charge in [0, 0.05) is 24.5 Å². The van der Waals surface area contributed by atoms with Gasteiger partial charge in [0.2, 0.25) is 0 Å². The molecule has 0 fully saturated rings. The lowest BCUT2D eigenvalue weighted by atomic mass is 10.2. The van der Waals surface area contributed by atoms with Crippen LogP contribution in [0.2, 0.25) is 0 Å². The Morgan fingerprint density at radius 2 is 2.22 bits per heavy atom. The van der Waals surface area contributed by atoms with Gasteiger partial charge in [-0.15, -0.1) is 0 Å². The highest BCUT2D eigenvalue weighted by Crippen LogP contribution is 2.17. The maximum Gasteiger partial charge on any atom is 0.152 e. The first-order valence-corrected chi connectivity index (χ1v) is 5.69. The van der Waals surface area contributed by atoms with E-state index in [9.17, 15) is 0 Å². The Morgan fingerprint density at radius 1 is 1.33 bits per heavy atom. The van der Waals surface area contributed by atoms with E-state index in [0.717, 1.165) is 28.4 Å². The van der Waals surface area contributed by atoms with Gasteiger partial charge in [-0.05, 0) is 19.9 Å². The molecule has 3 heterocycles. The van der Waals surface area contributed by atoms with Crippen LogP contribution in [0.4, 0.5) is 5.82 Å². The number of fused-ring (bicyclic) bond motifs is 1. The lowest BCUT2D eigenvalue weighted by Crippen LogP contribution is -2.04. The van der Waals surface area contributed by atoms with Crippen LogP contribution in [0.3, 0.4) is 0 Å². The number of hydrogen-bond donors (Lipinski definition) is 1. The van der Waals surface area contributed by atoms with E-state index >= 15 is 0 Å². The lowest BCUT2D eigenvalue weighted by Gasteiger charge is -2.06. The summed E-state index contributed by atoms with van der Waals surface area (Å²) in [5.74, 6) is 1.63. The van der Waals surface area contributed by atoms with E-state index in [-0.39, 0.29) is 0 Å². The van der Waals surface area contributed by atoms with Crippen molar-refractivity contribution in [2.45, 2.75) is 20.4 Å². The first-order valence-electron chi connectivity index (χ1n) is 5.69. The number of aryl methyl sites for hydroxylation is 2. The largest absolute Gasteiger partial charge is 0.364 e. The zero-order chi connectivity index (χ0) is 12.5. The number of rotatable bonds is 3. The predicted molar refractivity (Wildman–Crippen MR) is 66.3 cm³/mol. The molecule has 0 amide bonds. The molecule has 0 bridgehead atoms. The zero-order valence-electron chi connectivity index (χ0n) is 10.2. The second-order valence-corrected chi connectivity index (χ2v) is 4.09. The molecule has 0 radical (unpaired) electrons. The standard InChI is InChI=1S/C12H13N5O/c1-8-10(9(2)18-16-8)7-14-12-11-3-4-15-17(11)6-5-13-12/h3-6H,7H2,1-2H3,(H,13,14). The summed E-state index contributed by atoms with van der Waals surface area (Å²) in [6.45, 7) is 4.48. The van der Waals surface area contributed by atoms with Gasteiger partial charge in [-0.2, -0.15) is 5.10 Å². The molecule has 3 aromatic rings. The van der Waals surface area contributed by atoms with E-state index in [4.69, 9.17) is 4.52 Å². The van der Waals surface area contributed by atoms with Crippen molar-refractivity contribution < 1.29 is 4.52 Å². The fraction of sp³-hybridized carbons (Fsp3) is 0.250. The van der Waals surface area contributed by atoms with Crippen LogP contribution in [0, 0.1) is 13.8 Å². The molecule has 6 heteroatoms. The molecule has 0 aliphatic carbocycles. The monoisotopic (exact) mass is 243 g/mol. The Hall–Kier alpha value is -2.37. The zero-order valence-corrected chi connectivity index (χ0v) is 10.2. The number of nitrogens with zero attached hydrogens (tertiary/aromatic N) is 4. The van der Waals surface area contributed by atoms with Gasteiger partial charge in [0.15, 0.2) is 5.82 Å². The third-order valence-corrected chi connectivity index (χ3v) is 2.94. The van der Waals surface area contributed by atoms with Crippen molar-refractivity contribution in [2.75, 3.05) is 5.32 Å². The molecule has 0 aliphatic heterocycles. The molecule has 92 valence electrons. The molecule has 0 spiro atoms. The molecule has 18 heavy (non-hydrogen) atoms. The Balaban J connectivity index is 1.87. The van der Waals surface area contributed by atoms with Gasteiger partial charge >= 0.3 is 0 Å². The number of hydrogen-bond acceptors (Lipinski definition) is 5. The van der Waals surface area contributed by atoms with Crippen LogP contribution < -0.4 is 5.32 Å². The van der Waals surface area contributed by atoms with Crippen molar-refractivity contribution in [1.29, 1.82) is 0 Å². The van der Waals surface area contributed by atoms with E-state index in [0.29, 0.717) is 6.54 Å². The fourth-order valence-electron chi connectivity index (χ4n) is 1.92. The van der Waals surface area contributed by atoms with Gasteiger partial charge < -0.3 is 9.84 Å². The van der Waals surface area contributed by atoms with Crippen LogP contribution >= 0.6 is 0 Å². The fourth-order valence-corrected chi connectivity index (χ4v) is 1.92. The maximum absolute atomic E-state index is 5.13. The summed E-state index contributed by atoms with van der Waals surface area (Å²) in [5, 5.41) is 11.4. The third kappa shape index (κ3) is 1.71. The van der Waals surface area contributed by atoms with Crippen molar-refractivity contribution in [3.05, 3.63) is 41.7 Å². The van der Waals surface area contributed by atoms with Crippen molar-refractivity contribution in [1.82, 2.24) is 19.8 Å². The smallest absolute Gasteiger partial charge is 0.152 e. The normalized spacial score (nSPS) is 11.0. The van der Waals surface area contributed by atoms with Gasteiger partial charge in [0.25, 0.3) is 0 Å². The summed E-state index contributed by atoms with van der Waals surface area (Å²) >= 11 is 0. The third-order valence-electron chi connectivity index (χ3n) is 2.94. The van der Waals surface area contributed by atoms with Crippen LogP contribution in [0.1, 0.15) is 17.0 Å². The van der Waals surface area contributed by atoms with Crippen LogP contribution in [-0.4, -0.2) is 19.8 Å². The summed E-state index contributed by atoms with van der Waals surface area (Å²) in [6, 6.07) is 1.92. The summed E-state index contributed by atoms with van der Waals surface area (Å²) in [4.78, 5) is 4.31. The summed E-state index contributed by atoms with van der Waals surface area (Å²) in [6.07, 6.45) is 5.28. The second-order valence-electron chi connectivity index (χ2n) is 4.09. The highest BCUT2D eigenvalue weighted by Gasteiger charge is 2.09. The molecule has 0 saturated heterocycles. The Morgan fingerprint density at radius 3 is 3.00 bits per heavy atom. The molecule has 3 rings (SSSR count). The quantitative estimate of drug-likeness (QED) is 0.761. The van der Waals surface area contributed by atoms with Crippen LogP contribution in [0.15, 0.2) is 29.2 Å². The highest BCUT2D eigenvalue weighted by atomic mass is 16.5. The number of aromatic nitrogens is 4. The molecule has 0 unspecified atom stereocenters. The average Bonchev–Trinajstić information content (AvgIpc) is 2.95. The van der Waals surface area contributed by atoms with Gasteiger partial charge in [-0.3, -0.25) is 0 Å². The summed E-state index contributed by atoms with van der Waals surface area (Å²) < 4.78 is 6.91. The Kier molecular flexibility index (Phi) is 2.47. The number of anilines is 1. The highest BCUT2D eigenvalue weighted by molar-refractivity contribution is 5.66. The molecule has 0 aromatic carbocycles. The van der Waals surface area contributed by atoms with Crippen LogP contribution in [0.25, 0.3) is 5.52 Å². The van der Waals surface area contributed by atoms with E-state index in [2.05, 4.69) is 20.6 Å². The molecule has 6 nitrogen and oxygen atoms in total. The van der Waals surface area contributed by atoms with E-state index < -0.39 is 0 Å². The second kappa shape index (κ2) is 4.14. The van der Waals surface area contributed by atoms with Gasteiger partial charge in [-0.25, -0.2) is 9.50 Å². The Bertz CT molecular complexity index is 665. The van der Waals surface area contributed by atoms with E-state index in [1.54, 1.807) is 16.9 Å². The van der Waals surface area contributed by atoms with Crippen LogP contribution in [-0.2, 0) is 6.54 Å². The molecule has 0 aliphatic rings. The van der Waals surface area contributed by atoms with Crippen molar-refractivity contribution >= 4 is 11.3 Å². The minimum atomic E-state index is 0.638. The van der Waals surface area contributed by atoms with Gasteiger partial charge in [0.05, 0.1) is 11.9 Å². The molecule has 3 aromatic heterocycles. The molecule has 0 atom stereocenters. The topological polar surface area (TPSA) is 68.2 Å². The first-order chi connectivity index (χ1) is 8.75. The predicted octanol–water partition coefficient (Wildman–Crippen LogP) is 1.95. The van der Waals surface area contributed by atoms with Gasteiger partial charge in [-0.1, -0.05) is 5.16 Å².